The third kappa shape index (κ3) is 4.45. The molecule has 0 saturated carbocycles. The molecule has 20 heavy (non-hydrogen) atoms. The summed E-state index contributed by atoms with van der Waals surface area (Å²) < 4.78 is 26.0. The average Bonchev–Trinajstić information content (AvgIpc) is 2.82. The first-order valence-corrected chi connectivity index (χ1v) is 8.18. The van der Waals surface area contributed by atoms with Gasteiger partial charge in [-0.05, 0) is 29.5 Å². The zero-order valence-electron chi connectivity index (χ0n) is 10.7. The number of carbonyl (C=O) groups is 1. The molecule has 8 heteroatoms. The standard InChI is InChI=1S/C12H14N2O4S2/c1-2-10(7-13)20(17,18)14-8-11-9(5-6-19-11)3-4-12(15)16/h3-6,10,14H,2,8H2,1H3,(H,15,16)/b4-3+. The van der Waals surface area contributed by atoms with Crippen LogP contribution in [0.5, 0.6) is 0 Å². The van der Waals surface area contributed by atoms with Crippen LogP contribution in [0.3, 0.4) is 0 Å². The van der Waals surface area contributed by atoms with E-state index in [4.69, 9.17) is 10.4 Å². The molecule has 0 aromatic carbocycles. The number of nitriles is 1. The second-order valence-electron chi connectivity index (χ2n) is 3.86. The molecule has 1 aromatic rings. The van der Waals surface area contributed by atoms with Crippen molar-refractivity contribution in [2.24, 2.45) is 0 Å². The minimum atomic E-state index is -3.69. The Morgan fingerprint density at radius 3 is 2.90 bits per heavy atom. The van der Waals surface area contributed by atoms with Gasteiger partial charge in [-0.3, -0.25) is 0 Å². The van der Waals surface area contributed by atoms with E-state index in [1.807, 2.05) is 0 Å². The lowest BCUT2D eigenvalue weighted by molar-refractivity contribution is -0.131. The first-order chi connectivity index (χ1) is 9.40. The van der Waals surface area contributed by atoms with Crippen LogP contribution in [-0.4, -0.2) is 24.7 Å². The molecule has 0 aliphatic rings. The van der Waals surface area contributed by atoms with E-state index >= 15 is 0 Å². The zero-order chi connectivity index (χ0) is 15.2. The minimum absolute atomic E-state index is 0.0392. The number of nitrogens with one attached hydrogen (secondary N) is 1. The Bertz CT molecular complexity index is 641. The minimum Gasteiger partial charge on any atom is -0.478 e. The fraction of sp³-hybridized carbons (Fsp3) is 0.333. The highest BCUT2D eigenvalue weighted by molar-refractivity contribution is 7.90. The van der Waals surface area contributed by atoms with E-state index in [1.165, 1.54) is 17.4 Å². The van der Waals surface area contributed by atoms with Crippen LogP contribution in [-0.2, 0) is 21.4 Å². The molecule has 0 spiro atoms. The van der Waals surface area contributed by atoms with E-state index in [0.29, 0.717) is 10.4 Å². The molecule has 1 rings (SSSR count). The van der Waals surface area contributed by atoms with Crippen molar-refractivity contribution in [3.63, 3.8) is 0 Å². The third-order valence-corrected chi connectivity index (χ3v) is 5.18. The van der Waals surface area contributed by atoms with Gasteiger partial charge in [0.1, 0.15) is 0 Å². The van der Waals surface area contributed by atoms with E-state index in [1.54, 1.807) is 24.4 Å². The maximum Gasteiger partial charge on any atom is 0.328 e. The maximum atomic E-state index is 11.8. The normalized spacial score (nSPS) is 13.2. The summed E-state index contributed by atoms with van der Waals surface area (Å²) >= 11 is 1.31. The molecule has 1 atom stereocenters. The van der Waals surface area contributed by atoms with Gasteiger partial charge in [-0.15, -0.1) is 11.3 Å². The molecular formula is C12H14N2O4S2. The molecule has 0 aliphatic carbocycles. The van der Waals surface area contributed by atoms with Gasteiger partial charge in [0.15, 0.2) is 5.25 Å². The number of sulfonamides is 1. The van der Waals surface area contributed by atoms with Gasteiger partial charge >= 0.3 is 5.97 Å². The van der Waals surface area contributed by atoms with E-state index in [-0.39, 0.29) is 13.0 Å². The van der Waals surface area contributed by atoms with Crippen molar-refractivity contribution < 1.29 is 18.3 Å². The molecule has 108 valence electrons. The van der Waals surface area contributed by atoms with Crippen LogP contribution in [0, 0.1) is 11.3 Å². The quantitative estimate of drug-likeness (QED) is 0.743. The van der Waals surface area contributed by atoms with Gasteiger partial charge in [0, 0.05) is 17.5 Å². The molecule has 2 N–H and O–H groups in total. The van der Waals surface area contributed by atoms with Gasteiger partial charge < -0.3 is 5.11 Å². The molecule has 1 unspecified atom stereocenters. The molecule has 0 saturated heterocycles. The Balaban J connectivity index is 2.79. The summed E-state index contributed by atoms with van der Waals surface area (Å²) in [6.07, 6.45) is 2.61. The van der Waals surface area contributed by atoms with Crippen molar-refractivity contribution in [2.75, 3.05) is 0 Å². The Morgan fingerprint density at radius 2 is 2.35 bits per heavy atom. The molecule has 0 bridgehead atoms. The van der Waals surface area contributed by atoms with Gasteiger partial charge in [0.25, 0.3) is 0 Å². The first-order valence-electron chi connectivity index (χ1n) is 5.76. The predicted molar refractivity (Wildman–Crippen MR) is 76.4 cm³/mol. The molecule has 1 aromatic heterocycles. The fourth-order valence-electron chi connectivity index (χ4n) is 1.45. The molecular weight excluding hydrogens is 300 g/mol. The molecule has 0 aliphatic heterocycles. The number of carboxylic acid groups (broad SMARTS) is 1. The number of nitrogens with zero attached hydrogens (tertiary/aromatic N) is 1. The predicted octanol–water partition coefficient (Wildman–Crippen LogP) is 1.57. The Morgan fingerprint density at radius 1 is 1.65 bits per heavy atom. The van der Waals surface area contributed by atoms with Crippen LogP contribution in [0.4, 0.5) is 0 Å². The van der Waals surface area contributed by atoms with Crippen molar-refractivity contribution in [2.45, 2.75) is 25.1 Å². The summed E-state index contributed by atoms with van der Waals surface area (Å²) in [5.74, 6) is -1.07. The highest BCUT2D eigenvalue weighted by Crippen LogP contribution is 2.19. The summed E-state index contributed by atoms with van der Waals surface area (Å²) in [7, 11) is -3.69. The van der Waals surface area contributed by atoms with Gasteiger partial charge in [-0.25, -0.2) is 17.9 Å². The fourth-order valence-corrected chi connectivity index (χ4v) is 3.47. The van der Waals surface area contributed by atoms with E-state index in [2.05, 4.69) is 4.72 Å². The van der Waals surface area contributed by atoms with Crippen molar-refractivity contribution in [1.29, 1.82) is 5.26 Å². The van der Waals surface area contributed by atoms with Crippen LogP contribution < -0.4 is 4.72 Å². The lowest BCUT2D eigenvalue weighted by Gasteiger charge is -2.09. The molecule has 0 fully saturated rings. The number of rotatable bonds is 7. The van der Waals surface area contributed by atoms with Crippen molar-refractivity contribution >= 4 is 33.4 Å². The maximum absolute atomic E-state index is 11.8. The van der Waals surface area contributed by atoms with Crippen molar-refractivity contribution in [1.82, 2.24) is 4.72 Å². The third-order valence-electron chi connectivity index (χ3n) is 2.51. The summed E-state index contributed by atoms with van der Waals surface area (Å²) in [5, 5.41) is 18.0. The van der Waals surface area contributed by atoms with Crippen LogP contribution >= 0.6 is 11.3 Å². The lowest BCUT2D eigenvalue weighted by atomic mass is 10.2. The number of hydrogen-bond acceptors (Lipinski definition) is 5. The molecule has 1 heterocycles. The van der Waals surface area contributed by atoms with E-state index in [0.717, 1.165) is 6.08 Å². The summed E-state index contributed by atoms with van der Waals surface area (Å²) in [6.45, 7) is 1.66. The average molecular weight is 314 g/mol. The topological polar surface area (TPSA) is 107 Å². The van der Waals surface area contributed by atoms with Crippen LogP contribution in [0.2, 0.25) is 0 Å². The second kappa shape index (κ2) is 7.19. The Labute approximate surface area is 121 Å². The number of aliphatic carboxylic acids is 1. The number of hydrogen-bond donors (Lipinski definition) is 2. The van der Waals surface area contributed by atoms with Crippen LogP contribution in [0.25, 0.3) is 6.08 Å². The smallest absolute Gasteiger partial charge is 0.328 e. The second-order valence-corrected chi connectivity index (χ2v) is 6.81. The number of thiophene rings is 1. The molecule has 0 radical (unpaired) electrons. The Hall–Kier alpha value is -1.69. The summed E-state index contributed by atoms with van der Waals surface area (Å²) in [6, 6.07) is 3.44. The van der Waals surface area contributed by atoms with Gasteiger partial charge in [0.05, 0.1) is 6.07 Å². The van der Waals surface area contributed by atoms with E-state index < -0.39 is 21.2 Å². The van der Waals surface area contributed by atoms with Gasteiger partial charge in [-0.1, -0.05) is 6.92 Å². The lowest BCUT2D eigenvalue weighted by Crippen LogP contribution is -2.32. The highest BCUT2D eigenvalue weighted by Gasteiger charge is 2.23. The van der Waals surface area contributed by atoms with Gasteiger partial charge in [-0.2, -0.15) is 5.26 Å². The summed E-state index contributed by atoms with van der Waals surface area (Å²) in [4.78, 5) is 11.2. The van der Waals surface area contributed by atoms with Crippen molar-refractivity contribution in [3.05, 3.63) is 28.0 Å². The monoisotopic (exact) mass is 314 g/mol. The zero-order valence-corrected chi connectivity index (χ0v) is 12.4. The molecule has 6 nitrogen and oxygen atoms in total. The first kappa shape index (κ1) is 16.4. The number of carboxylic acids is 1. The van der Waals surface area contributed by atoms with Crippen molar-refractivity contribution in [3.8, 4) is 6.07 Å². The van der Waals surface area contributed by atoms with Crippen LogP contribution in [0.15, 0.2) is 17.5 Å². The SMILES string of the molecule is CCC(C#N)S(=O)(=O)NCc1sccc1/C=C/C(=O)O. The molecule has 0 amide bonds. The van der Waals surface area contributed by atoms with E-state index in [9.17, 15) is 13.2 Å². The largest absolute Gasteiger partial charge is 0.478 e. The Kier molecular flexibility index (Phi) is 5.88. The highest BCUT2D eigenvalue weighted by atomic mass is 32.2. The van der Waals surface area contributed by atoms with Crippen LogP contribution in [0.1, 0.15) is 23.8 Å². The summed E-state index contributed by atoms with van der Waals surface area (Å²) in [5.41, 5.74) is 0.644. The van der Waals surface area contributed by atoms with Gasteiger partial charge in [0.2, 0.25) is 10.0 Å².